The first-order valence-electron chi connectivity index (χ1n) is 18.2. The van der Waals surface area contributed by atoms with Gasteiger partial charge in [0.25, 0.3) is 20.2 Å². The molecule has 24 heteroatoms. The van der Waals surface area contributed by atoms with Gasteiger partial charge < -0.3 is 51.6 Å². The van der Waals surface area contributed by atoms with Gasteiger partial charge in [0.2, 0.25) is 35.7 Å². The number of aromatic nitrogens is 6. The Labute approximate surface area is 355 Å². The SMILES string of the molecule is COc1ccc(Nc2nc(NCCO)nc(Nc3ccc(C=Cc4ccc(Nc5nc(NCCO)nc(Nc6ccc(OC)cc6)n5)cc4S(=O)(=O)O)c(S(=O)(=O)O)c3)n2)cc1. The van der Waals surface area contributed by atoms with E-state index in [-0.39, 0.29) is 84.5 Å². The second kappa shape index (κ2) is 19.9. The van der Waals surface area contributed by atoms with Crippen LogP contribution in [-0.4, -0.2) is 107 Å². The summed E-state index contributed by atoms with van der Waals surface area (Å²) in [5.74, 6) is 1.54. The monoisotopic (exact) mass is 888 g/mol. The van der Waals surface area contributed by atoms with E-state index in [1.165, 1.54) is 50.6 Å². The number of rotatable bonds is 20. The van der Waals surface area contributed by atoms with E-state index in [0.717, 1.165) is 12.1 Å². The van der Waals surface area contributed by atoms with Crippen LogP contribution in [0.2, 0.25) is 0 Å². The number of ether oxygens (including phenoxy) is 2. The Morgan fingerprint density at radius 2 is 0.790 bits per heavy atom. The van der Waals surface area contributed by atoms with Gasteiger partial charge in [-0.15, -0.1) is 0 Å². The van der Waals surface area contributed by atoms with E-state index in [0.29, 0.717) is 22.9 Å². The lowest BCUT2D eigenvalue weighted by atomic mass is 10.1. The van der Waals surface area contributed by atoms with E-state index in [9.17, 15) is 36.2 Å². The number of anilines is 10. The van der Waals surface area contributed by atoms with E-state index in [1.807, 2.05) is 0 Å². The third-order valence-corrected chi connectivity index (χ3v) is 10.1. The molecule has 4 aromatic carbocycles. The Kier molecular flexibility index (Phi) is 14.2. The highest BCUT2D eigenvalue weighted by atomic mass is 32.2. The Morgan fingerprint density at radius 3 is 1.10 bits per heavy atom. The predicted molar refractivity (Wildman–Crippen MR) is 231 cm³/mol. The minimum absolute atomic E-state index is 0.0351. The molecule has 0 unspecified atom stereocenters. The molecule has 324 valence electrons. The summed E-state index contributed by atoms with van der Waals surface area (Å²) < 4.78 is 81.4. The Hall–Kier alpha value is -7.22. The smallest absolute Gasteiger partial charge is 0.295 e. The lowest BCUT2D eigenvalue weighted by molar-refractivity contribution is 0.310. The van der Waals surface area contributed by atoms with E-state index in [4.69, 9.17) is 9.47 Å². The van der Waals surface area contributed by atoms with Gasteiger partial charge in [0, 0.05) is 35.8 Å². The molecule has 0 aliphatic heterocycles. The number of hydrogen-bond acceptors (Lipinski definition) is 20. The maximum absolute atomic E-state index is 12.6. The molecule has 6 aromatic rings. The largest absolute Gasteiger partial charge is 0.497 e. The number of methoxy groups -OCH3 is 2. The summed E-state index contributed by atoms with van der Waals surface area (Å²) in [6.45, 7) is -0.197. The van der Waals surface area contributed by atoms with Crippen LogP contribution in [0, 0.1) is 0 Å². The molecule has 10 N–H and O–H groups in total. The number of benzene rings is 4. The minimum Gasteiger partial charge on any atom is -0.497 e. The van der Waals surface area contributed by atoms with E-state index >= 15 is 0 Å². The Morgan fingerprint density at radius 1 is 0.484 bits per heavy atom. The number of aliphatic hydroxyl groups excluding tert-OH is 2. The molecular weight excluding hydrogens is 849 g/mol. The zero-order valence-electron chi connectivity index (χ0n) is 32.8. The maximum Gasteiger partial charge on any atom is 0.295 e. The zero-order valence-corrected chi connectivity index (χ0v) is 34.4. The summed E-state index contributed by atoms with van der Waals surface area (Å²) in [6.07, 6.45) is 2.48. The summed E-state index contributed by atoms with van der Waals surface area (Å²) in [5, 5.41) is 36.2. The fourth-order valence-electron chi connectivity index (χ4n) is 5.46. The summed E-state index contributed by atoms with van der Waals surface area (Å²) >= 11 is 0. The Balaban J connectivity index is 1.26. The van der Waals surface area contributed by atoms with Crippen molar-refractivity contribution in [2.24, 2.45) is 0 Å². The lowest BCUT2D eigenvalue weighted by Crippen LogP contribution is -2.12. The fraction of sp³-hybridized carbons (Fsp3) is 0.158. The second-order valence-electron chi connectivity index (χ2n) is 12.7. The molecule has 0 aliphatic carbocycles. The first-order valence-corrected chi connectivity index (χ1v) is 21.1. The first kappa shape index (κ1) is 44.3. The quantitative estimate of drug-likeness (QED) is 0.0372. The van der Waals surface area contributed by atoms with Crippen molar-refractivity contribution in [2.75, 3.05) is 72.4 Å². The van der Waals surface area contributed by atoms with Crippen LogP contribution in [0.15, 0.2) is 94.7 Å². The summed E-state index contributed by atoms with van der Waals surface area (Å²) in [6, 6.07) is 21.7. The molecule has 6 rings (SSSR count). The van der Waals surface area contributed by atoms with Crippen molar-refractivity contribution in [3.63, 3.8) is 0 Å². The van der Waals surface area contributed by atoms with Crippen LogP contribution in [0.4, 0.5) is 58.4 Å². The molecule has 0 radical (unpaired) electrons. The molecule has 0 atom stereocenters. The molecular formula is C38H40N12O10S2. The molecule has 2 heterocycles. The second-order valence-corrected chi connectivity index (χ2v) is 15.4. The van der Waals surface area contributed by atoms with Crippen molar-refractivity contribution in [2.45, 2.75) is 9.79 Å². The highest BCUT2D eigenvalue weighted by Crippen LogP contribution is 2.29. The zero-order chi connectivity index (χ0) is 44.3. The molecule has 2 aromatic heterocycles. The van der Waals surface area contributed by atoms with Gasteiger partial charge in [0.15, 0.2) is 0 Å². The molecule has 62 heavy (non-hydrogen) atoms. The molecule has 0 fully saturated rings. The van der Waals surface area contributed by atoms with Crippen LogP contribution in [0.3, 0.4) is 0 Å². The van der Waals surface area contributed by atoms with Gasteiger partial charge in [-0.3, -0.25) is 9.11 Å². The van der Waals surface area contributed by atoms with E-state index < -0.39 is 30.0 Å². The van der Waals surface area contributed by atoms with Crippen molar-refractivity contribution < 1.29 is 45.6 Å². The van der Waals surface area contributed by atoms with Gasteiger partial charge >= 0.3 is 0 Å². The van der Waals surface area contributed by atoms with Crippen molar-refractivity contribution >= 4 is 90.8 Å². The van der Waals surface area contributed by atoms with E-state index in [1.54, 1.807) is 48.5 Å². The molecule has 0 saturated heterocycles. The van der Waals surface area contributed by atoms with Crippen LogP contribution in [0.5, 0.6) is 11.5 Å². The third-order valence-electron chi connectivity index (χ3n) is 8.29. The molecule has 0 saturated carbocycles. The van der Waals surface area contributed by atoms with Crippen molar-refractivity contribution in [1.29, 1.82) is 0 Å². The summed E-state index contributed by atoms with van der Waals surface area (Å²) in [7, 11) is -6.68. The van der Waals surface area contributed by atoms with Crippen LogP contribution >= 0.6 is 0 Å². The van der Waals surface area contributed by atoms with Crippen molar-refractivity contribution in [3.05, 3.63) is 96.1 Å². The molecule has 0 aliphatic rings. The van der Waals surface area contributed by atoms with Gasteiger partial charge in [0.05, 0.1) is 27.4 Å². The van der Waals surface area contributed by atoms with Gasteiger partial charge in [-0.05, 0) is 83.9 Å². The maximum atomic E-state index is 12.6. The minimum atomic E-state index is -4.88. The highest BCUT2D eigenvalue weighted by molar-refractivity contribution is 7.86. The summed E-state index contributed by atoms with van der Waals surface area (Å²) in [5.41, 5.74) is 1.40. The number of hydrogen-bond donors (Lipinski definition) is 10. The Bertz CT molecular complexity index is 2580. The van der Waals surface area contributed by atoms with Gasteiger partial charge in [0.1, 0.15) is 21.3 Å². The van der Waals surface area contributed by atoms with Crippen molar-refractivity contribution in [3.8, 4) is 11.5 Å². The molecule has 22 nitrogen and oxygen atoms in total. The standard InChI is InChI=1S/C38H40N12O10S2/c1-59-29-13-9-25(10-14-29)41-35-45-33(39-17-19-51)47-37(49-35)43-27-7-5-23(31(21-27)61(53,54)55)3-4-24-6-8-28(22-32(24)62(56,57)58)44-38-48-34(40-18-20-52)46-36(50-38)42-26-11-15-30(60-2)16-12-26/h3-16,21-22,51-52H,17-20H2,1-2H3,(H,53,54,55)(H,56,57,58)(H3,39,41,43,45,47,49)(H3,40,42,44,46,48,50). The fourth-order valence-corrected chi connectivity index (χ4v) is 6.88. The molecule has 0 spiro atoms. The lowest BCUT2D eigenvalue weighted by Gasteiger charge is -2.13. The number of nitrogens with one attached hydrogen (secondary N) is 6. The van der Waals surface area contributed by atoms with Crippen LogP contribution < -0.4 is 41.4 Å². The predicted octanol–water partition coefficient (Wildman–Crippen LogP) is 4.52. The average molecular weight is 889 g/mol. The van der Waals surface area contributed by atoms with Gasteiger partial charge in [-0.25, -0.2) is 0 Å². The summed E-state index contributed by atoms with van der Waals surface area (Å²) in [4.78, 5) is 24.7. The molecule has 0 amide bonds. The van der Waals surface area contributed by atoms with Gasteiger partial charge in [-0.2, -0.15) is 46.7 Å². The van der Waals surface area contributed by atoms with Crippen LogP contribution in [-0.2, 0) is 20.2 Å². The average Bonchev–Trinajstić information content (AvgIpc) is 3.24. The number of aliphatic hydroxyl groups is 2. The van der Waals surface area contributed by atoms with E-state index in [2.05, 4.69) is 61.8 Å². The topological polar surface area (TPSA) is 317 Å². The highest BCUT2D eigenvalue weighted by Gasteiger charge is 2.19. The van der Waals surface area contributed by atoms with Gasteiger partial charge in [-0.1, -0.05) is 24.3 Å². The normalized spacial score (nSPS) is 11.5. The number of nitrogens with zero attached hydrogens (tertiary/aromatic N) is 6. The van der Waals surface area contributed by atoms with Crippen molar-refractivity contribution in [1.82, 2.24) is 29.9 Å². The third kappa shape index (κ3) is 12.2. The van der Waals surface area contributed by atoms with Crippen LogP contribution in [0.1, 0.15) is 11.1 Å². The van der Waals surface area contributed by atoms with Crippen LogP contribution in [0.25, 0.3) is 12.2 Å². The molecule has 0 bridgehead atoms. The first-order chi connectivity index (χ1) is 29.7.